The second-order valence-electron chi connectivity index (χ2n) is 4.55. The highest BCUT2D eigenvalue weighted by molar-refractivity contribution is 14.0. The first-order valence-electron chi connectivity index (χ1n) is 6.59. The lowest BCUT2D eigenvalue weighted by molar-refractivity contribution is -0.128. The minimum atomic E-state index is 0. The Labute approximate surface area is 140 Å². The first-order valence-corrected chi connectivity index (χ1v) is 7.47. The van der Waals surface area contributed by atoms with Gasteiger partial charge >= 0.3 is 0 Å². The molecule has 0 aliphatic carbocycles. The molecule has 112 valence electrons. The molecule has 1 aromatic heterocycles. The number of nitrogens with zero attached hydrogens (tertiary/aromatic N) is 2. The van der Waals surface area contributed by atoms with E-state index in [2.05, 4.69) is 21.8 Å². The van der Waals surface area contributed by atoms with Gasteiger partial charge in [-0.05, 0) is 30.7 Å². The minimum Gasteiger partial charge on any atom is -0.370 e. The number of hydrogen-bond acceptors (Lipinski definition) is 3. The summed E-state index contributed by atoms with van der Waals surface area (Å²) in [5.74, 6) is 0.421. The zero-order valence-electron chi connectivity index (χ0n) is 11.4. The third-order valence-corrected chi connectivity index (χ3v) is 4.04. The van der Waals surface area contributed by atoms with Gasteiger partial charge in [0.25, 0.3) is 0 Å². The van der Waals surface area contributed by atoms with Crippen LogP contribution in [0.25, 0.3) is 0 Å². The fourth-order valence-electron chi connectivity index (χ4n) is 2.04. The largest absolute Gasteiger partial charge is 0.370 e. The number of thiophene rings is 1. The van der Waals surface area contributed by atoms with Crippen molar-refractivity contribution in [2.24, 2.45) is 10.7 Å². The number of nitrogens with two attached hydrogens (primary N) is 1. The summed E-state index contributed by atoms with van der Waals surface area (Å²) in [4.78, 5) is 19.0. The SMILES string of the molecule is I.NC(=NCC(=O)N1CCCC1)NCCc1cccs1. The number of carbonyl (C=O) groups excluding carboxylic acids is 1. The molecule has 3 N–H and O–H groups in total. The predicted octanol–water partition coefficient (Wildman–Crippen LogP) is 1.44. The number of rotatable bonds is 5. The molecule has 0 saturated carbocycles. The van der Waals surface area contributed by atoms with E-state index in [4.69, 9.17) is 5.73 Å². The van der Waals surface area contributed by atoms with Crippen LogP contribution in [0.1, 0.15) is 17.7 Å². The molecule has 0 bridgehead atoms. The van der Waals surface area contributed by atoms with E-state index < -0.39 is 0 Å². The second kappa shape index (κ2) is 9.17. The maximum absolute atomic E-state index is 11.7. The van der Waals surface area contributed by atoms with Crippen LogP contribution in [-0.4, -0.2) is 42.9 Å². The molecular formula is C13H21IN4OS. The average Bonchev–Trinajstić information content (AvgIpc) is 3.08. The number of nitrogens with one attached hydrogen (secondary N) is 1. The van der Waals surface area contributed by atoms with Gasteiger partial charge in [-0.2, -0.15) is 0 Å². The molecule has 0 atom stereocenters. The van der Waals surface area contributed by atoms with Crippen molar-refractivity contribution in [3.63, 3.8) is 0 Å². The van der Waals surface area contributed by atoms with Gasteiger partial charge in [0.2, 0.25) is 5.91 Å². The molecule has 1 aliphatic heterocycles. The maximum atomic E-state index is 11.7. The Hall–Kier alpha value is -0.830. The van der Waals surface area contributed by atoms with Gasteiger partial charge in [-0.3, -0.25) is 4.79 Å². The summed E-state index contributed by atoms with van der Waals surface area (Å²) in [6.45, 7) is 2.62. The summed E-state index contributed by atoms with van der Waals surface area (Å²) in [6.07, 6.45) is 3.13. The Morgan fingerprint density at radius 2 is 2.20 bits per heavy atom. The Balaban J connectivity index is 0.00000200. The normalized spacial score (nSPS) is 15.0. The summed E-state index contributed by atoms with van der Waals surface area (Å²) < 4.78 is 0. The van der Waals surface area contributed by atoms with Crippen molar-refractivity contribution in [1.82, 2.24) is 10.2 Å². The highest BCUT2D eigenvalue weighted by Gasteiger charge is 2.16. The van der Waals surface area contributed by atoms with Crippen LogP contribution < -0.4 is 11.1 Å². The third kappa shape index (κ3) is 5.66. The van der Waals surface area contributed by atoms with Gasteiger partial charge in [0.05, 0.1) is 0 Å². The van der Waals surface area contributed by atoms with Crippen molar-refractivity contribution in [3.8, 4) is 0 Å². The Morgan fingerprint density at radius 3 is 2.85 bits per heavy atom. The van der Waals surface area contributed by atoms with Crippen LogP contribution in [0.3, 0.4) is 0 Å². The molecule has 0 spiro atoms. The van der Waals surface area contributed by atoms with Gasteiger partial charge in [-0.1, -0.05) is 6.07 Å². The van der Waals surface area contributed by atoms with E-state index in [0.29, 0.717) is 5.96 Å². The molecule has 1 fully saturated rings. The summed E-state index contributed by atoms with van der Waals surface area (Å²) in [5, 5.41) is 5.09. The van der Waals surface area contributed by atoms with Gasteiger partial charge in [0.1, 0.15) is 6.54 Å². The van der Waals surface area contributed by atoms with E-state index >= 15 is 0 Å². The van der Waals surface area contributed by atoms with Crippen molar-refractivity contribution < 1.29 is 4.79 Å². The molecular weight excluding hydrogens is 387 g/mol. The van der Waals surface area contributed by atoms with E-state index in [9.17, 15) is 4.79 Å². The smallest absolute Gasteiger partial charge is 0.244 e. The van der Waals surface area contributed by atoms with E-state index in [1.165, 1.54) is 4.88 Å². The summed E-state index contributed by atoms with van der Waals surface area (Å²) >= 11 is 1.73. The topological polar surface area (TPSA) is 70.7 Å². The standard InChI is InChI=1S/C13H20N4OS.HI/c14-13(15-6-5-11-4-3-9-19-11)16-10-12(18)17-7-1-2-8-17;/h3-4,9H,1-2,5-8,10H2,(H3,14,15,16);1H. The number of guanidine groups is 1. The Bertz CT molecular complexity index is 430. The molecule has 0 radical (unpaired) electrons. The van der Waals surface area contributed by atoms with Gasteiger partial charge in [-0.25, -0.2) is 4.99 Å². The van der Waals surface area contributed by atoms with E-state index in [0.717, 1.165) is 38.9 Å². The fraction of sp³-hybridized carbons (Fsp3) is 0.538. The molecule has 20 heavy (non-hydrogen) atoms. The molecule has 2 rings (SSSR count). The number of aliphatic imine (C=N–C) groups is 1. The number of amides is 1. The number of likely N-dealkylation sites (tertiary alicyclic amines) is 1. The summed E-state index contributed by atoms with van der Waals surface area (Å²) in [5.41, 5.74) is 5.73. The zero-order chi connectivity index (χ0) is 13.5. The van der Waals surface area contributed by atoms with Crippen molar-refractivity contribution in [3.05, 3.63) is 22.4 Å². The van der Waals surface area contributed by atoms with Gasteiger partial charge < -0.3 is 16.0 Å². The van der Waals surface area contributed by atoms with Crippen molar-refractivity contribution >= 4 is 47.2 Å². The predicted molar refractivity (Wildman–Crippen MR) is 93.7 cm³/mol. The van der Waals surface area contributed by atoms with E-state index in [-0.39, 0.29) is 36.4 Å². The Kier molecular flexibility index (Phi) is 7.90. The highest BCUT2D eigenvalue weighted by atomic mass is 127. The Morgan fingerprint density at radius 1 is 1.45 bits per heavy atom. The molecule has 2 heterocycles. The van der Waals surface area contributed by atoms with E-state index in [1.54, 1.807) is 11.3 Å². The maximum Gasteiger partial charge on any atom is 0.244 e. The average molecular weight is 408 g/mol. The van der Waals surface area contributed by atoms with Crippen LogP contribution in [0.15, 0.2) is 22.5 Å². The third-order valence-electron chi connectivity index (χ3n) is 3.10. The molecule has 5 nitrogen and oxygen atoms in total. The second-order valence-corrected chi connectivity index (χ2v) is 5.58. The van der Waals surface area contributed by atoms with Gasteiger partial charge in [-0.15, -0.1) is 35.3 Å². The van der Waals surface area contributed by atoms with Gasteiger partial charge in [0, 0.05) is 24.5 Å². The van der Waals surface area contributed by atoms with Crippen molar-refractivity contribution in [1.29, 1.82) is 0 Å². The molecule has 0 unspecified atom stereocenters. The molecule has 1 aromatic rings. The number of carbonyl (C=O) groups is 1. The molecule has 1 aliphatic rings. The molecule has 1 amide bonds. The molecule has 0 aromatic carbocycles. The quantitative estimate of drug-likeness (QED) is 0.440. The first-order chi connectivity index (χ1) is 9.25. The van der Waals surface area contributed by atoms with E-state index in [1.807, 2.05) is 11.0 Å². The fourth-order valence-corrected chi connectivity index (χ4v) is 2.75. The lowest BCUT2D eigenvalue weighted by atomic mass is 10.3. The molecule has 7 heteroatoms. The number of halogens is 1. The lowest BCUT2D eigenvalue weighted by Crippen LogP contribution is -2.35. The van der Waals surface area contributed by atoms with Crippen molar-refractivity contribution in [2.75, 3.05) is 26.2 Å². The lowest BCUT2D eigenvalue weighted by Gasteiger charge is -2.13. The summed E-state index contributed by atoms with van der Waals surface area (Å²) in [7, 11) is 0. The molecule has 1 saturated heterocycles. The van der Waals surface area contributed by atoms with Crippen LogP contribution in [0.4, 0.5) is 0 Å². The summed E-state index contributed by atoms with van der Waals surface area (Å²) in [6, 6.07) is 4.13. The number of hydrogen-bond donors (Lipinski definition) is 2. The van der Waals surface area contributed by atoms with Crippen LogP contribution in [0, 0.1) is 0 Å². The van der Waals surface area contributed by atoms with Crippen LogP contribution >= 0.6 is 35.3 Å². The van der Waals surface area contributed by atoms with Crippen molar-refractivity contribution in [2.45, 2.75) is 19.3 Å². The van der Waals surface area contributed by atoms with Crippen LogP contribution in [-0.2, 0) is 11.2 Å². The minimum absolute atomic E-state index is 0. The first kappa shape index (κ1) is 17.2. The van der Waals surface area contributed by atoms with Gasteiger partial charge in [0.15, 0.2) is 5.96 Å². The van der Waals surface area contributed by atoms with Crippen LogP contribution in [0.2, 0.25) is 0 Å². The zero-order valence-corrected chi connectivity index (χ0v) is 14.5. The highest BCUT2D eigenvalue weighted by Crippen LogP contribution is 2.08. The van der Waals surface area contributed by atoms with Crippen LogP contribution in [0.5, 0.6) is 0 Å². The monoisotopic (exact) mass is 408 g/mol.